The normalized spacial score (nSPS) is 15.2. The van der Waals surface area contributed by atoms with Crippen LogP contribution in [0.2, 0.25) is 0 Å². The van der Waals surface area contributed by atoms with Gasteiger partial charge in [-0.1, -0.05) is 0 Å². The Hall–Kier alpha value is -4.00. The Labute approximate surface area is 172 Å². The Balaban J connectivity index is 1.57. The number of imidazole rings is 1. The molecule has 1 amide bonds. The minimum absolute atomic E-state index is 0.00177. The predicted molar refractivity (Wildman–Crippen MR) is 107 cm³/mol. The van der Waals surface area contributed by atoms with Crippen LogP contribution in [0.5, 0.6) is 0 Å². The third-order valence-electron chi connectivity index (χ3n) is 5.54. The zero-order valence-electron chi connectivity index (χ0n) is 16.6. The van der Waals surface area contributed by atoms with Crippen molar-refractivity contribution < 1.29 is 4.79 Å². The van der Waals surface area contributed by atoms with Crippen molar-refractivity contribution in [2.24, 2.45) is 7.05 Å². The molecule has 0 bridgehead atoms. The summed E-state index contributed by atoms with van der Waals surface area (Å²) in [6, 6.07) is 4.15. The molecule has 0 aliphatic carbocycles. The van der Waals surface area contributed by atoms with E-state index in [1.54, 1.807) is 32.9 Å². The third-order valence-corrected chi connectivity index (χ3v) is 5.54. The Kier molecular flexibility index (Phi) is 3.92. The molecule has 0 N–H and O–H groups in total. The summed E-state index contributed by atoms with van der Waals surface area (Å²) in [7, 11) is 1.86. The van der Waals surface area contributed by atoms with Gasteiger partial charge in [0.25, 0.3) is 0 Å². The molecule has 5 rings (SSSR count). The highest BCUT2D eigenvalue weighted by Crippen LogP contribution is 2.33. The number of amides is 1. The van der Waals surface area contributed by atoms with Gasteiger partial charge < -0.3 is 4.90 Å². The number of aromatic nitrogens is 7. The van der Waals surface area contributed by atoms with E-state index in [2.05, 4.69) is 21.3 Å². The SMILES string of the molecule is CC(=O)N1CC(CC#N)(n2cc(-c3nc(-c4cnn(C)c4)cc4nccn34)cn2)C1. The molecule has 0 aromatic carbocycles. The molecule has 4 aromatic heterocycles. The monoisotopic (exact) mass is 401 g/mol. The van der Waals surface area contributed by atoms with Crippen LogP contribution in [0.25, 0.3) is 28.3 Å². The van der Waals surface area contributed by atoms with Crippen LogP contribution in [-0.2, 0) is 17.4 Å². The summed E-state index contributed by atoms with van der Waals surface area (Å²) in [6.45, 7) is 2.48. The number of carbonyl (C=O) groups excluding carboxylic acids is 1. The minimum atomic E-state index is -0.506. The van der Waals surface area contributed by atoms with E-state index < -0.39 is 5.54 Å². The molecular formula is C20H19N9O. The van der Waals surface area contributed by atoms with Gasteiger partial charge in [0, 0.05) is 63.5 Å². The summed E-state index contributed by atoms with van der Waals surface area (Å²) >= 11 is 0. The molecule has 30 heavy (non-hydrogen) atoms. The molecular weight excluding hydrogens is 382 g/mol. The van der Waals surface area contributed by atoms with Gasteiger partial charge in [0.15, 0.2) is 0 Å². The fraction of sp³-hybridized carbons (Fsp3) is 0.300. The Morgan fingerprint density at radius 2 is 2.03 bits per heavy atom. The molecule has 4 aromatic rings. The first-order valence-electron chi connectivity index (χ1n) is 9.50. The summed E-state index contributed by atoms with van der Waals surface area (Å²) < 4.78 is 5.43. The number of aryl methyl sites for hydroxylation is 1. The summed E-state index contributed by atoms with van der Waals surface area (Å²) in [5, 5.41) is 18.1. The molecule has 150 valence electrons. The summed E-state index contributed by atoms with van der Waals surface area (Å²) in [5.41, 5.74) is 2.73. The number of likely N-dealkylation sites (tertiary alicyclic amines) is 1. The lowest BCUT2D eigenvalue weighted by molar-refractivity contribution is -0.140. The van der Waals surface area contributed by atoms with Crippen LogP contribution >= 0.6 is 0 Å². The van der Waals surface area contributed by atoms with E-state index in [4.69, 9.17) is 4.98 Å². The van der Waals surface area contributed by atoms with Crippen molar-refractivity contribution in [2.45, 2.75) is 18.9 Å². The van der Waals surface area contributed by atoms with E-state index in [1.807, 2.05) is 36.1 Å². The molecule has 0 spiro atoms. The molecule has 0 saturated carbocycles. The number of nitrogens with zero attached hydrogens (tertiary/aromatic N) is 9. The molecule has 1 aliphatic rings. The Morgan fingerprint density at radius 3 is 2.73 bits per heavy atom. The number of rotatable bonds is 4. The number of nitriles is 1. The van der Waals surface area contributed by atoms with Crippen LogP contribution in [-0.4, -0.2) is 57.8 Å². The van der Waals surface area contributed by atoms with E-state index in [0.717, 1.165) is 22.5 Å². The van der Waals surface area contributed by atoms with Crippen LogP contribution in [0.15, 0.2) is 43.2 Å². The van der Waals surface area contributed by atoms with Gasteiger partial charge in [-0.15, -0.1) is 0 Å². The predicted octanol–water partition coefficient (Wildman–Crippen LogP) is 1.46. The zero-order valence-corrected chi connectivity index (χ0v) is 16.6. The first-order valence-corrected chi connectivity index (χ1v) is 9.50. The van der Waals surface area contributed by atoms with Gasteiger partial charge in [0.2, 0.25) is 5.91 Å². The van der Waals surface area contributed by atoms with Gasteiger partial charge in [-0.3, -0.25) is 18.6 Å². The maximum absolute atomic E-state index is 11.7. The molecule has 10 nitrogen and oxygen atoms in total. The van der Waals surface area contributed by atoms with Crippen molar-refractivity contribution in [1.82, 2.24) is 38.8 Å². The van der Waals surface area contributed by atoms with Crippen molar-refractivity contribution in [3.8, 4) is 28.7 Å². The van der Waals surface area contributed by atoms with Gasteiger partial charge in [0.1, 0.15) is 17.0 Å². The van der Waals surface area contributed by atoms with E-state index in [-0.39, 0.29) is 12.3 Å². The largest absolute Gasteiger partial charge is 0.338 e. The van der Waals surface area contributed by atoms with Gasteiger partial charge in [-0.05, 0) is 0 Å². The number of hydrogen-bond acceptors (Lipinski definition) is 6. The highest BCUT2D eigenvalue weighted by molar-refractivity contribution is 5.74. The average molecular weight is 401 g/mol. The average Bonchev–Trinajstić information content (AvgIpc) is 3.43. The van der Waals surface area contributed by atoms with E-state index in [0.29, 0.717) is 18.9 Å². The fourth-order valence-corrected chi connectivity index (χ4v) is 3.90. The lowest BCUT2D eigenvalue weighted by Crippen LogP contribution is -2.63. The lowest BCUT2D eigenvalue weighted by atomic mass is 9.87. The van der Waals surface area contributed by atoms with Crippen molar-refractivity contribution >= 4 is 11.6 Å². The summed E-state index contributed by atoms with van der Waals surface area (Å²) in [4.78, 5) is 22.6. The quantitative estimate of drug-likeness (QED) is 0.512. The molecule has 0 unspecified atom stereocenters. The molecule has 1 fully saturated rings. The van der Waals surface area contributed by atoms with Gasteiger partial charge in [-0.25, -0.2) is 9.97 Å². The van der Waals surface area contributed by atoms with Crippen LogP contribution in [0.1, 0.15) is 13.3 Å². The number of hydrogen-bond donors (Lipinski definition) is 0. The first-order chi connectivity index (χ1) is 14.5. The van der Waals surface area contributed by atoms with Crippen LogP contribution in [0.4, 0.5) is 0 Å². The van der Waals surface area contributed by atoms with E-state index >= 15 is 0 Å². The first kappa shape index (κ1) is 18.1. The minimum Gasteiger partial charge on any atom is -0.338 e. The third kappa shape index (κ3) is 2.75. The smallest absolute Gasteiger partial charge is 0.219 e. The van der Waals surface area contributed by atoms with Gasteiger partial charge >= 0.3 is 0 Å². The van der Waals surface area contributed by atoms with Crippen molar-refractivity contribution in [2.75, 3.05) is 13.1 Å². The van der Waals surface area contributed by atoms with E-state index in [1.165, 1.54) is 6.92 Å². The second kappa shape index (κ2) is 6.52. The van der Waals surface area contributed by atoms with E-state index in [9.17, 15) is 10.1 Å². The summed E-state index contributed by atoms with van der Waals surface area (Å²) in [6.07, 6.45) is 11.2. The maximum Gasteiger partial charge on any atom is 0.219 e. The van der Waals surface area contributed by atoms with Crippen LogP contribution < -0.4 is 0 Å². The fourth-order valence-electron chi connectivity index (χ4n) is 3.90. The standard InChI is InChI=1S/C20H19N9O/c1-14(30)27-12-20(13-27,3-4-21)29-11-16(9-24-29)19-25-17(15-8-23-26(2)10-15)7-18-22-5-6-28(18)19/h5-11H,3,12-13H2,1-2H3. The van der Waals surface area contributed by atoms with Gasteiger partial charge in [0.05, 0.1) is 36.1 Å². The maximum atomic E-state index is 11.7. The van der Waals surface area contributed by atoms with Crippen LogP contribution in [0.3, 0.4) is 0 Å². The zero-order chi connectivity index (χ0) is 20.9. The number of fused-ring (bicyclic) bond motifs is 1. The second-order valence-electron chi connectivity index (χ2n) is 7.63. The Morgan fingerprint density at radius 1 is 1.23 bits per heavy atom. The second-order valence-corrected chi connectivity index (χ2v) is 7.63. The van der Waals surface area contributed by atoms with Crippen molar-refractivity contribution in [3.05, 3.63) is 43.2 Å². The molecule has 0 radical (unpaired) electrons. The molecule has 1 aliphatic heterocycles. The molecule has 0 atom stereocenters. The van der Waals surface area contributed by atoms with Gasteiger partial charge in [-0.2, -0.15) is 15.5 Å². The topological polar surface area (TPSA) is 110 Å². The summed E-state index contributed by atoms with van der Waals surface area (Å²) in [5.74, 6) is 0.701. The molecule has 1 saturated heterocycles. The lowest BCUT2D eigenvalue weighted by Gasteiger charge is -2.48. The van der Waals surface area contributed by atoms with Crippen molar-refractivity contribution in [3.63, 3.8) is 0 Å². The Bertz CT molecular complexity index is 1300. The highest BCUT2D eigenvalue weighted by atomic mass is 16.2. The molecule has 10 heteroatoms. The molecule has 5 heterocycles. The van der Waals surface area contributed by atoms with Crippen molar-refractivity contribution in [1.29, 1.82) is 5.26 Å². The number of carbonyl (C=O) groups is 1. The highest BCUT2D eigenvalue weighted by Gasteiger charge is 2.46. The van der Waals surface area contributed by atoms with Crippen LogP contribution in [0, 0.1) is 11.3 Å².